The standard InChI is InChI=1S/C16H16N6/c17-16-19-6-13(7-20-16)12-2-1-11-3-4-22(15(11)5-12)9-14-8-18-10-21-14/h1-2,5-8,10H,3-4,9H2,(H,18,21)(H2,17,19,20). The molecular weight excluding hydrogens is 276 g/mol. The molecule has 0 saturated carbocycles. The summed E-state index contributed by atoms with van der Waals surface area (Å²) in [6.45, 7) is 1.84. The van der Waals surface area contributed by atoms with Crippen LogP contribution < -0.4 is 10.6 Å². The molecule has 0 radical (unpaired) electrons. The number of hydrogen-bond donors (Lipinski definition) is 2. The van der Waals surface area contributed by atoms with E-state index >= 15 is 0 Å². The molecule has 3 heterocycles. The van der Waals surface area contributed by atoms with Gasteiger partial charge in [0.1, 0.15) is 0 Å². The highest BCUT2D eigenvalue weighted by Gasteiger charge is 2.20. The van der Waals surface area contributed by atoms with Gasteiger partial charge in [0.15, 0.2) is 0 Å². The molecule has 0 unspecified atom stereocenters. The third kappa shape index (κ3) is 2.28. The van der Waals surface area contributed by atoms with Gasteiger partial charge in [-0.25, -0.2) is 15.0 Å². The van der Waals surface area contributed by atoms with Crippen LogP contribution in [0.1, 0.15) is 11.3 Å². The van der Waals surface area contributed by atoms with Crippen LogP contribution in [0.4, 0.5) is 11.6 Å². The van der Waals surface area contributed by atoms with Crippen LogP contribution in [0.3, 0.4) is 0 Å². The third-order valence-corrected chi connectivity index (χ3v) is 3.99. The highest BCUT2D eigenvalue weighted by atomic mass is 15.2. The molecule has 0 aliphatic carbocycles. The Morgan fingerprint density at radius 3 is 2.77 bits per heavy atom. The molecule has 3 N–H and O–H groups in total. The van der Waals surface area contributed by atoms with Crippen LogP contribution in [0.25, 0.3) is 11.1 Å². The van der Waals surface area contributed by atoms with Crippen LogP contribution in [0, 0.1) is 0 Å². The predicted octanol–water partition coefficient (Wildman–Crippen LogP) is 2.01. The molecule has 22 heavy (non-hydrogen) atoms. The first-order valence-corrected chi connectivity index (χ1v) is 7.23. The number of nitrogens with one attached hydrogen (secondary N) is 1. The fraction of sp³-hybridized carbons (Fsp3) is 0.188. The van der Waals surface area contributed by atoms with Gasteiger partial charge in [0.2, 0.25) is 5.95 Å². The average molecular weight is 292 g/mol. The van der Waals surface area contributed by atoms with Crippen LogP contribution in [0.2, 0.25) is 0 Å². The quantitative estimate of drug-likeness (QED) is 0.771. The average Bonchev–Trinajstić information content (AvgIpc) is 3.18. The summed E-state index contributed by atoms with van der Waals surface area (Å²) in [6, 6.07) is 6.50. The minimum atomic E-state index is 0.296. The largest absolute Gasteiger partial charge is 0.368 e. The van der Waals surface area contributed by atoms with Gasteiger partial charge in [-0.05, 0) is 23.6 Å². The number of H-pyrrole nitrogens is 1. The van der Waals surface area contributed by atoms with Crippen molar-refractivity contribution in [3.8, 4) is 11.1 Å². The van der Waals surface area contributed by atoms with Crippen molar-refractivity contribution in [2.45, 2.75) is 13.0 Å². The highest BCUT2D eigenvalue weighted by molar-refractivity contribution is 5.71. The molecular formula is C16H16N6. The maximum absolute atomic E-state index is 5.55. The highest BCUT2D eigenvalue weighted by Crippen LogP contribution is 2.33. The van der Waals surface area contributed by atoms with Gasteiger partial charge >= 0.3 is 0 Å². The first-order chi connectivity index (χ1) is 10.8. The van der Waals surface area contributed by atoms with Gasteiger partial charge in [-0.3, -0.25) is 0 Å². The molecule has 0 fully saturated rings. The van der Waals surface area contributed by atoms with Crippen molar-refractivity contribution < 1.29 is 0 Å². The fourth-order valence-corrected chi connectivity index (χ4v) is 2.85. The molecule has 4 rings (SSSR count). The van der Waals surface area contributed by atoms with E-state index in [0.717, 1.165) is 36.3 Å². The number of nitrogens with zero attached hydrogens (tertiary/aromatic N) is 4. The van der Waals surface area contributed by atoms with Crippen molar-refractivity contribution in [1.82, 2.24) is 19.9 Å². The van der Waals surface area contributed by atoms with Crippen LogP contribution >= 0.6 is 0 Å². The first kappa shape index (κ1) is 12.8. The molecule has 3 aromatic rings. The molecule has 0 saturated heterocycles. The van der Waals surface area contributed by atoms with Gasteiger partial charge in [0, 0.05) is 36.4 Å². The van der Waals surface area contributed by atoms with E-state index in [1.165, 1.54) is 11.3 Å². The van der Waals surface area contributed by atoms with Gasteiger partial charge in [-0.15, -0.1) is 0 Å². The number of benzene rings is 1. The van der Waals surface area contributed by atoms with E-state index in [2.05, 4.69) is 43.0 Å². The molecule has 110 valence electrons. The maximum Gasteiger partial charge on any atom is 0.219 e. The Kier molecular flexibility index (Phi) is 3.00. The van der Waals surface area contributed by atoms with E-state index < -0.39 is 0 Å². The lowest BCUT2D eigenvalue weighted by molar-refractivity contribution is 0.819. The molecule has 6 nitrogen and oxygen atoms in total. The van der Waals surface area contributed by atoms with Crippen molar-refractivity contribution in [3.05, 3.63) is 54.4 Å². The van der Waals surface area contributed by atoms with E-state index in [0.29, 0.717) is 5.95 Å². The Labute approximate surface area is 128 Å². The number of nitrogens with two attached hydrogens (primary N) is 1. The molecule has 0 atom stereocenters. The van der Waals surface area contributed by atoms with E-state index in [1.807, 2.05) is 6.20 Å². The van der Waals surface area contributed by atoms with Crippen LogP contribution in [0.15, 0.2) is 43.1 Å². The van der Waals surface area contributed by atoms with Gasteiger partial charge < -0.3 is 15.6 Å². The number of imidazole rings is 1. The summed E-state index contributed by atoms with van der Waals surface area (Å²) in [4.78, 5) is 17.8. The maximum atomic E-state index is 5.55. The number of rotatable bonds is 3. The van der Waals surface area contributed by atoms with Crippen molar-refractivity contribution in [1.29, 1.82) is 0 Å². The zero-order chi connectivity index (χ0) is 14.9. The molecule has 1 aliphatic rings. The summed E-state index contributed by atoms with van der Waals surface area (Å²) >= 11 is 0. The Bertz CT molecular complexity index is 779. The number of aromatic nitrogens is 4. The Morgan fingerprint density at radius 1 is 1.14 bits per heavy atom. The van der Waals surface area contributed by atoms with E-state index in [1.54, 1.807) is 18.7 Å². The number of anilines is 2. The summed E-state index contributed by atoms with van der Waals surface area (Å²) < 4.78 is 0. The molecule has 2 aromatic heterocycles. The monoisotopic (exact) mass is 292 g/mol. The predicted molar refractivity (Wildman–Crippen MR) is 85.2 cm³/mol. The SMILES string of the molecule is Nc1ncc(-c2ccc3c(c2)N(Cc2c[nH]cn2)CC3)cn1. The summed E-state index contributed by atoms with van der Waals surface area (Å²) in [6.07, 6.45) is 8.25. The van der Waals surface area contributed by atoms with Crippen molar-refractivity contribution >= 4 is 11.6 Å². The van der Waals surface area contributed by atoms with E-state index in [9.17, 15) is 0 Å². The van der Waals surface area contributed by atoms with Crippen LogP contribution in [-0.2, 0) is 13.0 Å². The Morgan fingerprint density at radius 2 is 2.00 bits per heavy atom. The number of hydrogen-bond acceptors (Lipinski definition) is 5. The van der Waals surface area contributed by atoms with Crippen LogP contribution in [-0.4, -0.2) is 26.5 Å². The Hall–Kier alpha value is -2.89. The second-order valence-corrected chi connectivity index (χ2v) is 5.41. The molecule has 1 aromatic carbocycles. The second kappa shape index (κ2) is 5.14. The lowest BCUT2D eigenvalue weighted by Gasteiger charge is -2.18. The second-order valence-electron chi connectivity index (χ2n) is 5.41. The first-order valence-electron chi connectivity index (χ1n) is 7.23. The molecule has 0 bridgehead atoms. The smallest absolute Gasteiger partial charge is 0.219 e. The van der Waals surface area contributed by atoms with Gasteiger partial charge in [0.05, 0.1) is 18.6 Å². The van der Waals surface area contributed by atoms with Crippen molar-refractivity contribution in [3.63, 3.8) is 0 Å². The van der Waals surface area contributed by atoms with E-state index in [-0.39, 0.29) is 0 Å². The molecule has 0 spiro atoms. The van der Waals surface area contributed by atoms with Gasteiger partial charge in [-0.1, -0.05) is 12.1 Å². The lowest BCUT2D eigenvalue weighted by atomic mass is 10.0. The summed E-state index contributed by atoms with van der Waals surface area (Å²) in [5, 5.41) is 0. The zero-order valence-corrected chi connectivity index (χ0v) is 12.0. The van der Waals surface area contributed by atoms with Crippen molar-refractivity contribution in [2.75, 3.05) is 17.2 Å². The summed E-state index contributed by atoms with van der Waals surface area (Å²) in [5.41, 5.74) is 11.3. The minimum absolute atomic E-state index is 0.296. The normalized spacial score (nSPS) is 13.4. The minimum Gasteiger partial charge on any atom is -0.368 e. The fourth-order valence-electron chi connectivity index (χ4n) is 2.85. The number of fused-ring (bicyclic) bond motifs is 1. The summed E-state index contributed by atoms with van der Waals surface area (Å²) in [5.74, 6) is 0.296. The topological polar surface area (TPSA) is 83.7 Å². The number of nitrogen functional groups attached to an aromatic ring is 1. The lowest BCUT2D eigenvalue weighted by Crippen LogP contribution is -2.19. The Balaban J connectivity index is 1.66. The zero-order valence-electron chi connectivity index (χ0n) is 12.0. The third-order valence-electron chi connectivity index (χ3n) is 3.99. The molecule has 0 amide bonds. The van der Waals surface area contributed by atoms with Gasteiger partial charge in [0.25, 0.3) is 0 Å². The molecule has 6 heteroatoms. The summed E-state index contributed by atoms with van der Waals surface area (Å²) in [7, 11) is 0. The van der Waals surface area contributed by atoms with Gasteiger partial charge in [-0.2, -0.15) is 0 Å². The van der Waals surface area contributed by atoms with Crippen molar-refractivity contribution in [2.24, 2.45) is 0 Å². The van der Waals surface area contributed by atoms with Crippen LogP contribution in [0.5, 0.6) is 0 Å². The number of aromatic amines is 1. The molecule has 1 aliphatic heterocycles. The van der Waals surface area contributed by atoms with E-state index in [4.69, 9.17) is 5.73 Å².